The molecule has 2 heterocycles. The molecule has 0 aliphatic carbocycles. The lowest BCUT2D eigenvalue weighted by atomic mass is 10.3. The van der Waals surface area contributed by atoms with Crippen LogP contribution in [0.3, 0.4) is 0 Å². The third kappa shape index (κ3) is 2.02. The lowest BCUT2D eigenvalue weighted by molar-refractivity contribution is 0.111. The maximum Gasteiger partial charge on any atom is 0.170 e. The fourth-order valence-corrected chi connectivity index (χ4v) is 2.04. The predicted molar refractivity (Wildman–Crippen MR) is 66.8 cm³/mol. The molecule has 0 aliphatic rings. The summed E-state index contributed by atoms with van der Waals surface area (Å²) in [4.78, 5) is 18.7. The van der Waals surface area contributed by atoms with Crippen LogP contribution in [0.4, 0.5) is 0 Å². The van der Waals surface area contributed by atoms with Crippen LogP contribution in [0.15, 0.2) is 12.1 Å². The Hall–Kier alpha value is -1.84. The number of aromatic amines is 1. The predicted octanol–water partition coefficient (Wildman–Crippen LogP) is 2.58. The second-order valence-electron chi connectivity index (χ2n) is 4.24. The zero-order valence-electron chi connectivity index (χ0n) is 10.4. The first-order valence-corrected chi connectivity index (χ1v) is 5.86. The highest BCUT2D eigenvalue weighted by Gasteiger charge is 2.13. The summed E-state index contributed by atoms with van der Waals surface area (Å²) >= 11 is 0. The lowest BCUT2D eigenvalue weighted by Crippen LogP contribution is -2.02. The van der Waals surface area contributed by atoms with Crippen molar-refractivity contribution in [3.05, 3.63) is 35.0 Å². The minimum absolute atomic E-state index is 0.552. The number of aromatic nitrogens is 3. The van der Waals surface area contributed by atoms with Gasteiger partial charge in [0.05, 0.1) is 0 Å². The molecule has 4 nitrogen and oxygen atoms in total. The van der Waals surface area contributed by atoms with E-state index >= 15 is 0 Å². The molecule has 1 N–H and O–H groups in total. The number of rotatable bonds is 4. The highest BCUT2D eigenvalue weighted by molar-refractivity contribution is 5.77. The van der Waals surface area contributed by atoms with Crippen LogP contribution in [0.5, 0.6) is 0 Å². The van der Waals surface area contributed by atoms with E-state index in [1.165, 1.54) is 0 Å². The van der Waals surface area contributed by atoms with E-state index in [2.05, 4.69) is 16.9 Å². The Labute approximate surface area is 101 Å². The first-order chi connectivity index (χ1) is 8.17. The van der Waals surface area contributed by atoms with E-state index in [1.807, 2.05) is 30.5 Å². The summed E-state index contributed by atoms with van der Waals surface area (Å²) in [5.74, 6) is 1.58. The molecule has 0 saturated heterocycles. The Morgan fingerprint density at radius 1 is 1.35 bits per heavy atom. The van der Waals surface area contributed by atoms with Crippen LogP contribution in [0.2, 0.25) is 0 Å². The van der Waals surface area contributed by atoms with Gasteiger partial charge in [-0.25, -0.2) is 4.98 Å². The van der Waals surface area contributed by atoms with Crippen molar-refractivity contribution in [2.75, 3.05) is 0 Å². The molecule has 0 atom stereocenters. The highest BCUT2D eigenvalue weighted by atomic mass is 16.1. The van der Waals surface area contributed by atoms with Gasteiger partial charge in [-0.15, -0.1) is 0 Å². The fourth-order valence-electron chi connectivity index (χ4n) is 2.04. The Kier molecular flexibility index (Phi) is 3.13. The largest absolute Gasteiger partial charge is 0.338 e. The Bertz CT molecular complexity index is 517. The monoisotopic (exact) mass is 231 g/mol. The van der Waals surface area contributed by atoms with Crippen molar-refractivity contribution in [3.8, 4) is 5.82 Å². The Balaban J connectivity index is 2.54. The minimum atomic E-state index is 0.552. The van der Waals surface area contributed by atoms with Gasteiger partial charge in [-0.3, -0.25) is 4.79 Å². The number of carbonyl (C=O) groups excluding carboxylic acids is 1. The summed E-state index contributed by atoms with van der Waals surface area (Å²) in [6.07, 6.45) is 2.70. The quantitative estimate of drug-likeness (QED) is 0.822. The van der Waals surface area contributed by atoms with Gasteiger partial charge in [-0.2, -0.15) is 0 Å². The number of aldehydes is 1. The van der Waals surface area contributed by atoms with Crippen molar-refractivity contribution in [2.24, 2.45) is 0 Å². The van der Waals surface area contributed by atoms with E-state index in [-0.39, 0.29) is 0 Å². The third-order valence-corrected chi connectivity index (χ3v) is 2.85. The molecule has 90 valence electrons. The molecule has 0 spiro atoms. The van der Waals surface area contributed by atoms with Gasteiger partial charge in [0.1, 0.15) is 11.5 Å². The maximum absolute atomic E-state index is 11.1. The first kappa shape index (κ1) is 11.6. The van der Waals surface area contributed by atoms with Gasteiger partial charge in [0.2, 0.25) is 0 Å². The molecular formula is C13H17N3O. The van der Waals surface area contributed by atoms with Crippen LogP contribution >= 0.6 is 0 Å². The van der Waals surface area contributed by atoms with Crippen molar-refractivity contribution >= 4 is 6.29 Å². The van der Waals surface area contributed by atoms with Crippen LogP contribution in [0.1, 0.15) is 41.0 Å². The molecule has 4 heteroatoms. The average Bonchev–Trinajstić information content (AvgIpc) is 2.83. The molecule has 0 saturated carbocycles. The molecular weight excluding hydrogens is 214 g/mol. The molecule has 17 heavy (non-hydrogen) atoms. The number of hydrogen-bond acceptors (Lipinski definition) is 2. The van der Waals surface area contributed by atoms with Gasteiger partial charge in [0, 0.05) is 17.8 Å². The molecule has 0 aliphatic heterocycles. The molecule has 2 aromatic heterocycles. The smallest absolute Gasteiger partial charge is 0.170 e. The van der Waals surface area contributed by atoms with Gasteiger partial charge >= 0.3 is 0 Å². The van der Waals surface area contributed by atoms with Gasteiger partial charge in [0.15, 0.2) is 12.1 Å². The first-order valence-electron chi connectivity index (χ1n) is 5.86. The van der Waals surface area contributed by atoms with Crippen molar-refractivity contribution in [1.29, 1.82) is 0 Å². The normalized spacial score (nSPS) is 10.8. The van der Waals surface area contributed by atoms with E-state index in [9.17, 15) is 4.79 Å². The SMILES string of the molecule is CCCc1nc(-n2c(C)ccc2C)c(C=O)[nH]1. The van der Waals surface area contributed by atoms with Crippen molar-refractivity contribution in [2.45, 2.75) is 33.6 Å². The number of nitrogens with one attached hydrogen (secondary N) is 1. The van der Waals surface area contributed by atoms with E-state index < -0.39 is 0 Å². The standard InChI is InChI=1S/C13H17N3O/c1-4-5-12-14-11(8-17)13(15-12)16-9(2)6-7-10(16)3/h6-8H,4-5H2,1-3H3,(H,14,15). The second-order valence-corrected chi connectivity index (χ2v) is 4.24. The highest BCUT2D eigenvalue weighted by Crippen LogP contribution is 2.18. The average molecular weight is 231 g/mol. The number of carbonyl (C=O) groups is 1. The van der Waals surface area contributed by atoms with Crippen LogP contribution in [0.25, 0.3) is 5.82 Å². The molecule has 0 unspecified atom stereocenters. The molecule has 2 rings (SSSR count). The summed E-state index contributed by atoms with van der Waals surface area (Å²) in [7, 11) is 0. The zero-order chi connectivity index (χ0) is 12.4. The number of hydrogen-bond donors (Lipinski definition) is 1. The third-order valence-electron chi connectivity index (χ3n) is 2.85. The van der Waals surface area contributed by atoms with Crippen LogP contribution < -0.4 is 0 Å². The molecule has 0 amide bonds. The second kappa shape index (κ2) is 4.57. The zero-order valence-corrected chi connectivity index (χ0v) is 10.4. The summed E-state index contributed by atoms with van der Waals surface area (Å²) in [6, 6.07) is 4.05. The summed E-state index contributed by atoms with van der Waals surface area (Å²) < 4.78 is 2.00. The Morgan fingerprint density at radius 2 is 2.00 bits per heavy atom. The van der Waals surface area contributed by atoms with Gasteiger partial charge in [0.25, 0.3) is 0 Å². The van der Waals surface area contributed by atoms with E-state index in [0.717, 1.165) is 36.3 Å². The Morgan fingerprint density at radius 3 is 2.53 bits per heavy atom. The molecule has 0 bridgehead atoms. The molecule has 0 aromatic carbocycles. The number of H-pyrrole nitrogens is 1. The molecule has 2 aromatic rings. The number of aryl methyl sites for hydroxylation is 3. The van der Waals surface area contributed by atoms with Crippen molar-refractivity contribution in [3.63, 3.8) is 0 Å². The topological polar surface area (TPSA) is 50.7 Å². The summed E-state index contributed by atoms with van der Waals surface area (Å²) in [6.45, 7) is 6.11. The van der Waals surface area contributed by atoms with Crippen LogP contribution in [-0.4, -0.2) is 20.8 Å². The summed E-state index contributed by atoms with van der Waals surface area (Å²) in [5, 5.41) is 0. The fraction of sp³-hybridized carbons (Fsp3) is 0.385. The summed E-state index contributed by atoms with van der Waals surface area (Å²) in [5.41, 5.74) is 2.72. The van der Waals surface area contributed by atoms with Gasteiger partial charge in [-0.05, 0) is 32.4 Å². The number of nitrogens with zero attached hydrogens (tertiary/aromatic N) is 2. The van der Waals surface area contributed by atoms with Gasteiger partial charge < -0.3 is 9.55 Å². The minimum Gasteiger partial charge on any atom is -0.338 e. The maximum atomic E-state index is 11.1. The van der Waals surface area contributed by atoms with E-state index in [4.69, 9.17) is 0 Å². The van der Waals surface area contributed by atoms with Crippen molar-refractivity contribution < 1.29 is 4.79 Å². The molecule has 0 fully saturated rings. The molecule has 0 radical (unpaired) electrons. The van der Waals surface area contributed by atoms with E-state index in [0.29, 0.717) is 11.5 Å². The van der Waals surface area contributed by atoms with Crippen LogP contribution in [0, 0.1) is 13.8 Å². The van der Waals surface area contributed by atoms with E-state index in [1.54, 1.807) is 0 Å². The van der Waals surface area contributed by atoms with Crippen LogP contribution in [-0.2, 0) is 6.42 Å². The number of imidazole rings is 1. The van der Waals surface area contributed by atoms with Gasteiger partial charge in [-0.1, -0.05) is 6.92 Å². The lowest BCUT2D eigenvalue weighted by Gasteiger charge is -2.05. The van der Waals surface area contributed by atoms with Crippen molar-refractivity contribution in [1.82, 2.24) is 14.5 Å².